The van der Waals surface area contributed by atoms with E-state index >= 15 is 0 Å². The average Bonchev–Trinajstić information content (AvgIpc) is 3.38. The number of hydrogen-bond donors (Lipinski definition) is 0. The van der Waals surface area contributed by atoms with E-state index < -0.39 is 0 Å². The molecular formula is C36H22N2O. The summed E-state index contributed by atoms with van der Waals surface area (Å²) in [6.45, 7) is 0. The molecule has 0 unspecified atom stereocenters. The number of furan rings is 1. The van der Waals surface area contributed by atoms with Crippen molar-refractivity contribution < 1.29 is 4.42 Å². The standard InChI is InChI=1S/C36H22N2O/c1-2-9-24(10-3-1)35-30-12-6-7-13-32(30)37-36(38-35)28-16-18-29-31-21-27(17-19-33(31)39-34(29)22-28)26-15-14-23-8-4-5-11-25(23)20-26/h1-22H. The van der Waals surface area contributed by atoms with Crippen molar-refractivity contribution in [2.75, 3.05) is 0 Å². The Morgan fingerprint density at radius 1 is 0.410 bits per heavy atom. The maximum absolute atomic E-state index is 6.32. The number of nitrogens with zero attached hydrogens (tertiary/aromatic N) is 2. The zero-order valence-electron chi connectivity index (χ0n) is 21.0. The Morgan fingerprint density at radius 3 is 2.08 bits per heavy atom. The zero-order valence-corrected chi connectivity index (χ0v) is 21.0. The van der Waals surface area contributed by atoms with E-state index in [1.807, 2.05) is 36.4 Å². The third-order valence-corrected chi connectivity index (χ3v) is 7.46. The van der Waals surface area contributed by atoms with Crippen molar-refractivity contribution in [2.45, 2.75) is 0 Å². The van der Waals surface area contributed by atoms with Crippen LogP contribution in [0, 0.1) is 0 Å². The van der Waals surface area contributed by atoms with Crippen molar-refractivity contribution in [3.05, 3.63) is 133 Å². The molecular weight excluding hydrogens is 476 g/mol. The summed E-state index contributed by atoms with van der Waals surface area (Å²) < 4.78 is 6.32. The first kappa shape index (κ1) is 21.8. The van der Waals surface area contributed by atoms with E-state index in [0.717, 1.165) is 49.7 Å². The van der Waals surface area contributed by atoms with Gasteiger partial charge in [0, 0.05) is 27.3 Å². The smallest absolute Gasteiger partial charge is 0.160 e. The fourth-order valence-corrected chi connectivity index (χ4v) is 5.49. The Labute approximate surface area is 225 Å². The van der Waals surface area contributed by atoms with Gasteiger partial charge in [-0.1, -0.05) is 97.1 Å². The molecule has 3 heteroatoms. The third-order valence-electron chi connectivity index (χ3n) is 7.46. The number of fused-ring (bicyclic) bond motifs is 5. The molecule has 2 aromatic heterocycles. The van der Waals surface area contributed by atoms with Gasteiger partial charge in [-0.05, 0) is 58.3 Å². The maximum atomic E-state index is 6.32. The topological polar surface area (TPSA) is 38.9 Å². The first-order chi connectivity index (χ1) is 19.3. The van der Waals surface area contributed by atoms with Gasteiger partial charge in [-0.3, -0.25) is 0 Å². The summed E-state index contributed by atoms with van der Waals surface area (Å²) in [5.74, 6) is 0.687. The van der Waals surface area contributed by atoms with Crippen LogP contribution in [0.2, 0.25) is 0 Å². The van der Waals surface area contributed by atoms with Gasteiger partial charge in [-0.15, -0.1) is 0 Å². The predicted octanol–water partition coefficient (Wildman–Crippen LogP) is 9.68. The largest absolute Gasteiger partial charge is 0.456 e. The summed E-state index contributed by atoms with van der Waals surface area (Å²) in [5, 5.41) is 5.71. The van der Waals surface area contributed by atoms with Crippen LogP contribution in [-0.2, 0) is 0 Å². The zero-order chi connectivity index (χ0) is 25.8. The summed E-state index contributed by atoms with van der Waals surface area (Å²) in [7, 11) is 0. The lowest BCUT2D eigenvalue weighted by Gasteiger charge is -2.09. The lowest BCUT2D eigenvalue weighted by atomic mass is 9.99. The van der Waals surface area contributed by atoms with Gasteiger partial charge in [0.15, 0.2) is 5.82 Å². The highest BCUT2D eigenvalue weighted by Gasteiger charge is 2.14. The summed E-state index contributed by atoms with van der Waals surface area (Å²) in [4.78, 5) is 9.95. The summed E-state index contributed by atoms with van der Waals surface area (Å²) in [5.41, 5.74) is 7.92. The minimum Gasteiger partial charge on any atom is -0.456 e. The minimum absolute atomic E-state index is 0.687. The van der Waals surface area contributed by atoms with E-state index in [2.05, 4.69) is 97.1 Å². The molecule has 0 fully saturated rings. The number of para-hydroxylation sites is 1. The molecule has 0 radical (unpaired) electrons. The Morgan fingerprint density at radius 2 is 1.15 bits per heavy atom. The monoisotopic (exact) mass is 498 g/mol. The van der Waals surface area contributed by atoms with Crippen molar-refractivity contribution in [1.29, 1.82) is 0 Å². The van der Waals surface area contributed by atoms with Crippen LogP contribution in [0.4, 0.5) is 0 Å². The Bertz CT molecular complexity index is 2180. The highest BCUT2D eigenvalue weighted by Crippen LogP contribution is 2.36. The number of benzene rings is 6. The van der Waals surface area contributed by atoms with E-state index in [1.54, 1.807) is 0 Å². The van der Waals surface area contributed by atoms with Crippen LogP contribution in [0.3, 0.4) is 0 Å². The molecule has 0 atom stereocenters. The molecule has 6 aromatic carbocycles. The average molecular weight is 499 g/mol. The quantitative estimate of drug-likeness (QED) is 0.243. The van der Waals surface area contributed by atoms with Crippen LogP contribution < -0.4 is 0 Å². The van der Waals surface area contributed by atoms with Gasteiger partial charge in [0.2, 0.25) is 0 Å². The van der Waals surface area contributed by atoms with Crippen LogP contribution in [-0.4, -0.2) is 9.97 Å². The fourth-order valence-electron chi connectivity index (χ4n) is 5.49. The molecule has 2 heterocycles. The van der Waals surface area contributed by atoms with Gasteiger partial charge in [0.25, 0.3) is 0 Å². The van der Waals surface area contributed by atoms with Crippen molar-refractivity contribution in [1.82, 2.24) is 9.97 Å². The molecule has 182 valence electrons. The van der Waals surface area contributed by atoms with Crippen molar-refractivity contribution in [2.24, 2.45) is 0 Å². The second-order valence-corrected chi connectivity index (χ2v) is 9.86. The molecule has 0 amide bonds. The van der Waals surface area contributed by atoms with Gasteiger partial charge < -0.3 is 4.42 Å². The molecule has 0 saturated heterocycles. The van der Waals surface area contributed by atoms with Crippen LogP contribution in [0.5, 0.6) is 0 Å². The molecule has 0 aliphatic heterocycles. The van der Waals surface area contributed by atoms with Crippen LogP contribution >= 0.6 is 0 Å². The molecule has 39 heavy (non-hydrogen) atoms. The highest BCUT2D eigenvalue weighted by molar-refractivity contribution is 6.07. The van der Waals surface area contributed by atoms with Crippen molar-refractivity contribution >= 4 is 43.6 Å². The third kappa shape index (κ3) is 3.67. The molecule has 0 aliphatic rings. The molecule has 0 aliphatic carbocycles. The van der Waals surface area contributed by atoms with Crippen LogP contribution in [0.15, 0.2) is 138 Å². The van der Waals surface area contributed by atoms with Crippen molar-refractivity contribution in [3.8, 4) is 33.8 Å². The Kier molecular flexibility index (Phi) is 4.82. The first-order valence-electron chi connectivity index (χ1n) is 13.1. The highest BCUT2D eigenvalue weighted by atomic mass is 16.3. The van der Waals surface area contributed by atoms with Gasteiger partial charge >= 0.3 is 0 Å². The van der Waals surface area contributed by atoms with Gasteiger partial charge in [0.05, 0.1) is 11.2 Å². The lowest BCUT2D eigenvalue weighted by molar-refractivity contribution is 0.669. The maximum Gasteiger partial charge on any atom is 0.160 e. The summed E-state index contributed by atoms with van der Waals surface area (Å²) >= 11 is 0. The molecule has 0 saturated carbocycles. The van der Waals surface area contributed by atoms with Crippen molar-refractivity contribution in [3.63, 3.8) is 0 Å². The molecule has 0 bridgehead atoms. The second-order valence-electron chi connectivity index (χ2n) is 9.86. The SMILES string of the molecule is c1ccc(-c2nc(-c3ccc4c(c3)oc3ccc(-c5ccc6ccccc6c5)cc34)nc3ccccc23)cc1. The summed E-state index contributed by atoms with van der Waals surface area (Å²) in [6, 6.07) is 46.2. The molecule has 3 nitrogen and oxygen atoms in total. The molecule has 8 aromatic rings. The molecule has 0 N–H and O–H groups in total. The first-order valence-corrected chi connectivity index (χ1v) is 13.1. The lowest BCUT2D eigenvalue weighted by Crippen LogP contribution is -1.95. The second kappa shape index (κ2) is 8.64. The van der Waals surface area contributed by atoms with E-state index in [-0.39, 0.29) is 0 Å². The Balaban J connectivity index is 1.26. The van der Waals surface area contributed by atoms with E-state index in [1.165, 1.54) is 21.9 Å². The predicted molar refractivity (Wildman–Crippen MR) is 161 cm³/mol. The summed E-state index contributed by atoms with van der Waals surface area (Å²) in [6.07, 6.45) is 0. The number of rotatable bonds is 3. The van der Waals surface area contributed by atoms with E-state index in [0.29, 0.717) is 5.82 Å². The van der Waals surface area contributed by atoms with Crippen LogP contribution in [0.25, 0.3) is 77.4 Å². The van der Waals surface area contributed by atoms with Gasteiger partial charge in [0.1, 0.15) is 11.2 Å². The number of aromatic nitrogens is 2. The minimum atomic E-state index is 0.687. The number of hydrogen-bond acceptors (Lipinski definition) is 3. The normalized spacial score (nSPS) is 11.6. The van der Waals surface area contributed by atoms with Gasteiger partial charge in [-0.2, -0.15) is 0 Å². The van der Waals surface area contributed by atoms with Crippen LogP contribution in [0.1, 0.15) is 0 Å². The van der Waals surface area contributed by atoms with E-state index in [4.69, 9.17) is 14.4 Å². The molecule has 0 spiro atoms. The molecule has 8 rings (SSSR count). The van der Waals surface area contributed by atoms with Gasteiger partial charge in [-0.25, -0.2) is 9.97 Å². The Hall–Kier alpha value is -5.28. The fraction of sp³-hybridized carbons (Fsp3) is 0. The van der Waals surface area contributed by atoms with E-state index in [9.17, 15) is 0 Å².